The number of rotatable bonds is 33. The molecule has 0 aliphatic rings. The smallest absolute Gasteiger partial charge is 0.0874 e. The molecule has 0 heterocycles. The molecule has 3 heteroatoms. The second-order valence-electron chi connectivity index (χ2n) is 12.1. The van der Waals surface area contributed by atoms with Crippen molar-refractivity contribution >= 4 is 0 Å². The first-order valence-electron chi connectivity index (χ1n) is 17.7. The average molecular weight is 565 g/mol. The fourth-order valence-electron chi connectivity index (χ4n) is 5.41. The quantitative estimate of drug-likeness (QED) is 0.0450. The van der Waals surface area contributed by atoms with Gasteiger partial charge in [-0.05, 0) is 43.6 Å². The van der Waals surface area contributed by atoms with E-state index in [-0.39, 0.29) is 6.10 Å². The molecule has 0 aromatic heterocycles. The zero-order valence-electron chi connectivity index (χ0n) is 27.8. The number of hydrogen-bond acceptors (Lipinski definition) is 3. The van der Waals surface area contributed by atoms with E-state index in [0.717, 1.165) is 51.4 Å². The minimum Gasteiger partial charge on any atom is -0.501 e. The molecule has 0 aromatic carbocycles. The first kappa shape index (κ1) is 39.2. The van der Waals surface area contributed by atoms with E-state index >= 15 is 0 Å². The molecule has 0 amide bonds. The summed E-state index contributed by atoms with van der Waals surface area (Å²) >= 11 is 0. The van der Waals surface area contributed by atoms with Crippen LogP contribution >= 0.6 is 0 Å². The molecule has 0 saturated heterocycles. The lowest BCUT2D eigenvalue weighted by atomic mass is 9.94. The van der Waals surface area contributed by atoms with E-state index in [4.69, 9.17) is 14.2 Å². The minimum absolute atomic E-state index is 0.0715. The summed E-state index contributed by atoms with van der Waals surface area (Å²) in [5.74, 6) is 0.749. The van der Waals surface area contributed by atoms with Crippen LogP contribution in [-0.2, 0) is 14.2 Å². The zero-order valence-corrected chi connectivity index (χ0v) is 27.8. The molecule has 0 saturated carbocycles. The molecule has 0 N–H and O–H groups in total. The molecule has 0 aliphatic carbocycles. The van der Waals surface area contributed by atoms with Crippen molar-refractivity contribution in [2.75, 3.05) is 26.9 Å². The molecule has 0 spiro atoms. The molecule has 40 heavy (non-hydrogen) atoms. The maximum absolute atomic E-state index is 6.19. The van der Waals surface area contributed by atoms with Crippen molar-refractivity contribution in [3.05, 3.63) is 24.5 Å². The summed E-state index contributed by atoms with van der Waals surface area (Å²) in [5, 5.41) is 0. The number of ether oxygens (including phenoxy) is 3. The van der Waals surface area contributed by atoms with Gasteiger partial charge in [-0.2, -0.15) is 0 Å². The molecule has 0 aromatic rings. The van der Waals surface area contributed by atoms with Crippen LogP contribution in [0.4, 0.5) is 0 Å². The fraction of sp³-hybridized carbons (Fsp3) is 0.892. The Morgan fingerprint density at radius 2 is 1.10 bits per heavy atom. The van der Waals surface area contributed by atoms with Crippen LogP contribution in [0.1, 0.15) is 175 Å². The predicted octanol–water partition coefficient (Wildman–Crippen LogP) is 12.1. The van der Waals surface area contributed by atoms with Crippen LogP contribution in [0.15, 0.2) is 24.5 Å². The van der Waals surface area contributed by atoms with Gasteiger partial charge in [0.15, 0.2) is 0 Å². The van der Waals surface area contributed by atoms with E-state index in [2.05, 4.69) is 27.4 Å². The highest BCUT2D eigenvalue weighted by Crippen LogP contribution is 2.20. The van der Waals surface area contributed by atoms with Crippen molar-refractivity contribution in [2.45, 2.75) is 181 Å². The summed E-state index contributed by atoms with van der Waals surface area (Å²) in [6.07, 6.45) is 36.0. The molecule has 0 radical (unpaired) electrons. The van der Waals surface area contributed by atoms with Crippen molar-refractivity contribution < 1.29 is 14.2 Å². The van der Waals surface area contributed by atoms with Crippen LogP contribution in [0.2, 0.25) is 0 Å². The first-order valence-corrected chi connectivity index (χ1v) is 17.7. The van der Waals surface area contributed by atoms with Crippen LogP contribution in [0.3, 0.4) is 0 Å². The van der Waals surface area contributed by atoms with Gasteiger partial charge in [-0.15, -0.1) is 6.58 Å². The fourth-order valence-corrected chi connectivity index (χ4v) is 5.41. The number of unbranched alkanes of at least 4 members (excludes halogenated alkanes) is 17. The van der Waals surface area contributed by atoms with Crippen molar-refractivity contribution in [3.8, 4) is 0 Å². The Morgan fingerprint density at radius 1 is 0.625 bits per heavy atom. The molecule has 238 valence electrons. The Bertz CT molecular complexity index is 530. The third-order valence-electron chi connectivity index (χ3n) is 8.32. The van der Waals surface area contributed by atoms with Gasteiger partial charge in [0.2, 0.25) is 0 Å². The highest BCUT2D eigenvalue weighted by atomic mass is 16.5. The van der Waals surface area contributed by atoms with Crippen LogP contribution < -0.4 is 0 Å². The molecular weight excluding hydrogens is 492 g/mol. The Balaban J connectivity index is 4.11. The second-order valence-corrected chi connectivity index (χ2v) is 12.1. The van der Waals surface area contributed by atoms with E-state index in [1.165, 1.54) is 134 Å². The lowest BCUT2D eigenvalue weighted by molar-refractivity contribution is 0.0844. The van der Waals surface area contributed by atoms with Gasteiger partial charge in [0, 0.05) is 26.7 Å². The summed E-state index contributed by atoms with van der Waals surface area (Å²) in [6, 6.07) is 0. The van der Waals surface area contributed by atoms with Crippen LogP contribution in [0, 0.1) is 5.92 Å². The second kappa shape index (κ2) is 32.7. The molecule has 2 unspecified atom stereocenters. The lowest BCUT2D eigenvalue weighted by Crippen LogP contribution is -2.11. The van der Waals surface area contributed by atoms with E-state index in [1.54, 1.807) is 7.11 Å². The molecule has 0 fully saturated rings. The van der Waals surface area contributed by atoms with Gasteiger partial charge in [-0.1, -0.05) is 142 Å². The Kier molecular flexibility index (Phi) is 32.1. The van der Waals surface area contributed by atoms with Gasteiger partial charge in [-0.25, -0.2) is 0 Å². The van der Waals surface area contributed by atoms with Crippen LogP contribution in [0.5, 0.6) is 0 Å². The summed E-state index contributed by atoms with van der Waals surface area (Å²) in [4.78, 5) is 0. The molecular formula is C37H72O3. The maximum atomic E-state index is 6.19. The van der Waals surface area contributed by atoms with Crippen molar-refractivity contribution in [3.63, 3.8) is 0 Å². The highest BCUT2D eigenvalue weighted by molar-refractivity contribution is 5.02. The Morgan fingerprint density at radius 3 is 1.55 bits per heavy atom. The van der Waals surface area contributed by atoms with Gasteiger partial charge in [0.05, 0.1) is 19.0 Å². The highest BCUT2D eigenvalue weighted by Gasteiger charge is 2.10. The number of methoxy groups -OCH3 is 1. The molecule has 0 bridgehead atoms. The normalized spacial score (nSPS) is 13.4. The Hall–Kier alpha value is -0.800. The van der Waals surface area contributed by atoms with Crippen molar-refractivity contribution in [1.82, 2.24) is 0 Å². The van der Waals surface area contributed by atoms with Crippen molar-refractivity contribution in [1.29, 1.82) is 0 Å². The zero-order chi connectivity index (χ0) is 29.4. The topological polar surface area (TPSA) is 27.7 Å². The molecule has 0 aliphatic heterocycles. The van der Waals surface area contributed by atoms with Gasteiger partial charge in [-0.3, -0.25) is 0 Å². The van der Waals surface area contributed by atoms with E-state index in [1.807, 2.05) is 12.3 Å². The third kappa shape index (κ3) is 27.4. The van der Waals surface area contributed by atoms with Gasteiger partial charge in [0.1, 0.15) is 0 Å². The standard InChI is InChI=1S/C37H72O3/c1-6-10-12-14-16-18-19-21-23-25-29-36(28-24-22-20-17-15-13-11-7-2)34-40-31-27-26-30-39-33-35(8-3)32-37(9-4)38-5/h9,33,36-37H,4,6-8,10-32,34H2,1-3,5H3/b35-33+. The Labute approximate surface area is 252 Å². The maximum Gasteiger partial charge on any atom is 0.0874 e. The summed E-state index contributed by atoms with van der Waals surface area (Å²) < 4.78 is 17.4. The van der Waals surface area contributed by atoms with Gasteiger partial charge >= 0.3 is 0 Å². The lowest BCUT2D eigenvalue weighted by Gasteiger charge is -2.17. The third-order valence-corrected chi connectivity index (χ3v) is 8.32. The average Bonchev–Trinajstić information content (AvgIpc) is 2.97. The SMILES string of the molecule is C=CC(C/C(=C/OCCCCOCC(CCCCCCCCCC)CCCCCCCCCCCC)CC)OC. The number of hydrogen-bond donors (Lipinski definition) is 0. The summed E-state index contributed by atoms with van der Waals surface area (Å²) in [7, 11) is 1.73. The van der Waals surface area contributed by atoms with E-state index < -0.39 is 0 Å². The summed E-state index contributed by atoms with van der Waals surface area (Å²) in [5.41, 5.74) is 1.28. The van der Waals surface area contributed by atoms with Crippen molar-refractivity contribution in [2.24, 2.45) is 5.92 Å². The summed E-state index contributed by atoms with van der Waals surface area (Å²) in [6.45, 7) is 13.2. The molecule has 3 nitrogen and oxygen atoms in total. The minimum atomic E-state index is 0.0715. The monoisotopic (exact) mass is 565 g/mol. The predicted molar refractivity (Wildman–Crippen MR) is 177 cm³/mol. The van der Waals surface area contributed by atoms with E-state index in [0.29, 0.717) is 0 Å². The van der Waals surface area contributed by atoms with Gasteiger partial charge in [0.25, 0.3) is 0 Å². The van der Waals surface area contributed by atoms with Gasteiger partial charge < -0.3 is 14.2 Å². The molecule has 2 atom stereocenters. The van der Waals surface area contributed by atoms with Crippen LogP contribution in [0.25, 0.3) is 0 Å². The molecule has 0 rings (SSSR count). The van der Waals surface area contributed by atoms with E-state index in [9.17, 15) is 0 Å². The largest absolute Gasteiger partial charge is 0.501 e. The first-order chi connectivity index (χ1) is 19.7. The van der Waals surface area contributed by atoms with Crippen LogP contribution in [-0.4, -0.2) is 33.0 Å².